The molecule has 0 heterocycles. The maximum atomic E-state index is 12.4. The molecule has 0 aromatic heterocycles. The van der Waals surface area contributed by atoms with Gasteiger partial charge in [-0.3, -0.25) is 10.1 Å². The molecule has 1 aromatic carbocycles. The van der Waals surface area contributed by atoms with Gasteiger partial charge in [0.15, 0.2) is 0 Å². The summed E-state index contributed by atoms with van der Waals surface area (Å²) in [6, 6.07) is 1.12. The molecule has 1 aromatic rings. The zero-order chi connectivity index (χ0) is 17.1. The normalized spacial score (nSPS) is 12.4. The van der Waals surface area contributed by atoms with Crippen LogP contribution >= 0.6 is 28.3 Å². The average molecular weight is 433 g/mol. The number of nitrogens with one attached hydrogen (secondary N) is 1. The summed E-state index contributed by atoms with van der Waals surface area (Å²) in [5.74, 6) is -0.293. The first kappa shape index (κ1) is 22.1. The summed E-state index contributed by atoms with van der Waals surface area (Å²) in [6.45, 7) is 3.38. The van der Waals surface area contributed by atoms with Crippen molar-refractivity contribution in [2.24, 2.45) is 5.73 Å². The predicted molar refractivity (Wildman–Crippen MR) is 92.8 cm³/mol. The van der Waals surface area contributed by atoms with E-state index in [-0.39, 0.29) is 46.9 Å². The lowest BCUT2D eigenvalue weighted by Gasteiger charge is -2.14. The molecule has 0 saturated heterocycles. The molecule has 0 saturated carbocycles. The molecule has 132 valence electrons. The lowest BCUT2D eigenvalue weighted by molar-refractivity contribution is -0.386. The minimum absolute atomic E-state index is 0. The van der Waals surface area contributed by atoms with E-state index in [4.69, 9.17) is 10.5 Å². The van der Waals surface area contributed by atoms with Gasteiger partial charge in [-0.1, -0.05) is 15.9 Å². The quantitative estimate of drug-likeness (QED) is 0.502. The number of rotatable bonds is 7. The van der Waals surface area contributed by atoms with E-state index >= 15 is 0 Å². The standard InChI is InChI=1S/C12H18BrN3O5S.ClH/c1-7(14)4-5-15-22(19,20)10-6-9(13)8(2)11(16(17)18)12(10)21-3;/h6-7,15H,4-5,14H2,1-3H3;1H. The number of nitrogens with two attached hydrogens (primary N) is 1. The number of halogens is 2. The Morgan fingerprint density at radius 1 is 1.52 bits per heavy atom. The molecular weight excluding hydrogens is 414 g/mol. The van der Waals surface area contributed by atoms with Gasteiger partial charge >= 0.3 is 5.69 Å². The first-order valence-electron chi connectivity index (χ1n) is 6.38. The summed E-state index contributed by atoms with van der Waals surface area (Å²) >= 11 is 3.14. The summed E-state index contributed by atoms with van der Waals surface area (Å²) in [5.41, 5.74) is 5.47. The van der Waals surface area contributed by atoms with Crippen molar-refractivity contribution in [2.75, 3.05) is 13.7 Å². The van der Waals surface area contributed by atoms with Crippen molar-refractivity contribution in [1.29, 1.82) is 0 Å². The highest BCUT2D eigenvalue weighted by Crippen LogP contribution is 2.40. The number of ether oxygens (including phenoxy) is 1. The summed E-state index contributed by atoms with van der Waals surface area (Å²) in [6.07, 6.45) is 0.441. The van der Waals surface area contributed by atoms with Crippen LogP contribution in [0.1, 0.15) is 18.9 Å². The number of nitro groups is 1. The van der Waals surface area contributed by atoms with Crippen molar-refractivity contribution in [3.05, 3.63) is 26.2 Å². The smallest absolute Gasteiger partial charge is 0.316 e. The molecule has 0 aliphatic carbocycles. The minimum atomic E-state index is -3.96. The van der Waals surface area contributed by atoms with E-state index in [1.165, 1.54) is 20.1 Å². The number of nitro benzene ring substituents is 1. The molecule has 1 unspecified atom stereocenters. The number of hydrogen-bond donors (Lipinski definition) is 2. The monoisotopic (exact) mass is 431 g/mol. The van der Waals surface area contributed by atoms with E-state index in [1.54, 1.807) is 6.92 Å². The Morgan fingerprint density at radius 3 is 2.52 bits per heavy atom. The minimum Gasteiger partial charge on any atom is -0.489 e. The van der Waals surface area contributed by atoms with Crippen molar-refractivity contribution in [2.45, 2.75) is 31.2 Å². The van der Waals surface area contributed by atoms with Gasteiger partial charge in [0.25, 0.3) is 0 Å². The van der Waals surface area contributed by atoms with Crippen molar-refractivity contribution in [1.82, 2.24) is 4.72 Å². The van der Waals surface area contributed by atoms with E-state index in [9.17, 15) is 18.5 Å². The van der Waals surface area contributed by atoms with Crippen LogP contribution in [0.5, 0.6) is 5.75 Å². The highest BCUT2D eigenvalue weighted by molar-refractivity contribution is 9.10. The van der Waals surface area contributed by atoms with Crippen molar-refractivity contribution in [3.8, 4) is 5.75 Å². The Balaban J connectivity index is 0.00000484. The number of hydrogen-bond acceptors (Lipinski definition) is 6. The third kappa shape index (κ3) is 5.28. The van der Waals surface area contributed by atoms with Gasteiger partial charge in [0.2, 0.25) is 15.8 Å². The second-order valence-corrected chi connectivity index (χ2v) is 7.37. The fraction of sp³-hybridized carbons (Fsp3) is 0.500. The van der Waals surface area contributed by atoms with Crippen molar-refractivity contribution in [3.63, 3.8) is 0 Å². The van der Waals surface area contributed by atoms with Crippen LogP contribution in [0.4, 0.5) is 5.69 Å². The molecule has 1 atom stereocenters. The zero-order valence-electron chi connectivity index (χ0n) is 12.8. The molecule has 0 spiro atoms. The Hall–Kier alpha value is -0.940. The zero-order valence-corrected chi connectivity index (χ0v) is 16.0. The maximum Gasteiger partial charge on any atom is 0.316 e. The van der Waals surface area contributed by atoms with E-state index in [0.717, 1.165) is 0 Å². The molecule has 0 radical (unpaired) electrons. The highest BCUT2D eigenvalue weighted by atomic mass is 79.9. The topological polar surface area (TPSA) is 125 Å². The molecule has 0 bridgehead atoms. The second kappa shape index (κ2) is 8.78. The predicted octanol–water partition coefficient (Wildman–Crippen LogP) is 2.11. The van der Waals surface area contributed by atoms with Gasteiger partial charge in [-0.15, -0.1) is 12.4 Å². The van der Waals surface area contributed by atoms with Crippen LogP contribution in [0, 0.1) is 17.0 Å². The first-order chi connectivity index (χ1) is 10.1. The van der Waals surface area contributed by atoms with Crippen LogP contribution in [0.25, 0.3) is 0 Å². The Kier molecular flexibility index (Phi) is 8.43. The summed E-state index contributed by atoms with van der Waals surface area (Å²) in [5, 5.41) is 11.2. The van der Waals surface area contributed by atoms with Gasteiger partial charge < -0.3 is 10.5 Å². The fourth-order valence-electron chi connectivity index (χ4n) is 1.80. The van der Waals surface area contributed by atoms with E-state index in [0.29, 0.717) is 10.9 Å². The fourth-order valence-corrected chi connectivity index (χ4v) is 3.61. The number of sulfonamides is 1. The van der Waals surface area contributed by atoms with Crippen LogP contribution in [0.15, 0.2) is 15.4 Å². The van der Waals surface area contributed by atoms with E-state index in [2.05, 4.69) is 20.7 Å². The lowest BCUT2D eigenvalue weighted by atomic mass is 10.2. The molecule has 23 heavy (non-hydrogen) atoms. The van der Waals surface area contributed by atoms with Gasteiger partial charge in [0.05, 0.1) is 12.0 Å². The lowest BCUT2D eigenvalue weighted by Crippen LogP contribution is -2.29. The Bertz CT molecular complexity index is 682. The van der Waals surface area contributed by atoms with Gasteiger partial charge in [0, 0.05) is 22.6 Å². The van der Waals surface area contributed by atoms with E-state index < -0.39 is 14.9 Å². The largest absolute Gasteiger partial charge is 0.489 e. The van der Waals surface area contributed by atoms with Gasteiger partial charge in [-0.05, 0) is 26.3 Å². The van der Waals surface area contributed by atoms with Gasteiger partial charge in [-0.2, -0.15) is 0 Å². The first-order valence-corrected chi connectivity index (χ1v) is 8.66. The molecular formula is C12H19BrClN3O5S. The second-order valence-electron chi connectivity index (χ2n) is 4.78. The Labute approximate surface area is 149 Å². The Morgan fingerprint density at radius 2 is 2.09 bits per heavy atom. The molecule has 3 N–H and O–H groups in total. The SMILES string of the molecule is COc1c(S(=O)(=O)NCCC(C)N)cc(Br)c(C)c1[N+](=O)[O-].Cl. The molecule has 11 heteroatoms. The number of nitrogens with zero attached hydrogens (tertiary/aromatic N) is 1. The number of methoxy groups -OCH3 is 1. The van der Waals surface area contributed by atoms with Gasteiger partial charge in [-0.25, -0.2) is 13.1 Å². The van der Waals surface area contributed by atoms with Crippen LogP contribution in [0.2, 0.25) is 0 Å². The third-order valence-electron chi connectivity index (χ3n) is 2.98. The summed E-state index contributed by atoms with van der Waals surface area (Å²) < 4.78 is 32.4. The van der Waals surface area contributed by atoms with Crippen molar-refractivity contribution < 1.29 is 18.1 Å². The van der Waals surface area contributed by atoms with Crippen LogP contribution in [-0.2, 0) is 10.0 Å². The van der Waals surface area contributed by atoms with Crippen LogP contribution in [-0.4, -0.2) is 33.0 Å². The molecule has 0 amide bonds. The maximum absolute atomic E-state index is 12.4. The molecule has 0 fully saturated rings. The molecule has 8 nitrogen and oxygen atoms in total. The van der Waals surface area contributed by atoms with Crippen molar-refractivity contribution >= 4 is 44.0 Å². The van der Waals surface area contributed by atoms with E-state index in [1.807, 2.05) is 0 Å². The molecule has 1 rings (SSSR count). The third-order valence-corrected chi connectivity index (χ3v) is 5.27. The van der Waals surface area contributed by atoms with Crippen LogP contribution < -0.4 is 15.2 Å². The highest BCUT2D eigenvalue weighted by Gasteiger charge is 2.30. The summed E-state index contributed by atoms with van der Waals surface area (Å²) in [7, 11) is -2.77. The molecule has 0 aliphatic rings. The average Bonchev–Trinajstić information content (AvgIpc) is 2.39. The van der Waals surface area contributed by atoms with Crippen LogP contribution in [0.3, 0.4) is 0 Å². The molecule has 0 aliphatic heterocycles. The summed E-state index contributed by atoms with van der Waals surface area (Å²) in [4.78, 5) is 10.3. The number of benzene rings is 1. The van der Waals surface area contributed by atoms with Gasteiger partial charge in [0.1, 0.15) is 4.90 Å².